The van der Waals surface area contributed by atoms with Crippen LogP contribution in [0.3, 0.4) is 0 Å². The maximum Gasteiger partial charge on any atom is 0.337 e. The molecule has 0 fully saturated rings. The molecule has 0 atom stereocenters. The molecule has 2 aromatic rings. The third-order valence-electron chi connectivity index (χ3n) is 1.80. The average Bonchev–Trinajstić information content (AvgIpc) is 2.59. The van der Waals surface area contributed by atoms with Crippen LogP contribution in [0.25, 0.3) is 5.65 Å². The Labute approximate surface area is 78.8 Å². The topological polar surface area (TPSA) is 76.7 Å². The maximum atomic E-state index is 10.7. The Balaban J connectivity index is 2.67. The van der Waals surface area contributed by atoms with Gasteiger partial charge in [0.1, 0.15) is 0 Å². The van der Waals surface area contributed by atoms with Crippen LogP contribution in [0.15, 0.2) is 18.3 Å². The number of nitrogens with zero attached hydrogens (tertiary/aromatic N) is 3. The van der Waals surface area contributed by atoms with Crippen LogP contribution in [0.4, 0.5) is 0 Å². The minimum absolute atomic E-state index is 0.163. The van der Waals surface area contributed by atoms with Crippen molar-refractivity contribution in [2.75, 3.05) is 7.11 Å². The van der Waals surface area contributed by atoms with Gasteiger partial charge >= 0.3 is 12.0 Å². The smallest absolute Gasteiger partial charge is 0.337 e. The number of carboxylic acids is 1. The first-order valence-electron chi connectivity index (χ1n) is 3.84. The number of aromatic nitrogens is 3. The van der Waals surface area contributed by atoms with Crippen LogP contribution in [-0.2, 0) is 0 Å². The number of hydrogen-bond donors (Lipinski definition) is 1. The van der Waals surface area contributed by atoms with E-state index in [1.807, 2.05) is 0 Å². The van der Waals surface area contributed by atoms with E-state index in [0.29, 0.717) is 5.65 Å². The summed E-state index contributed by atoms with van der Waals surface area (Å²) in [4.78, 5) is 10.7. The molecule has 0 aromatic carbocycles. The fourth-order valence-corrected chi connectivity index (χ4v) is 1.14. The van der Waals surface area contributed by atoms with Gasteiger partial charge in [-0.25, -0.2) is 4.79 Å². The zero-order valence-corrected chi connectivity index (χ0v) is 7.34. The van der Waals surface area contributed by atoms with Crippen molar-refractivity contribution in [1.29, 1.82) is 0 Å². The number of ether oxygens (including phenoxy) is 1. The van der Waals surface area contributed by atoms with Crippen molar-refractivity contribution in [3.8, 4) is 6.01 Å². The molecular weight excluding hydrogens is 186 g/mol. The molecule has 6 nitrogen and oxygen atoms in total. The summed E-state index contributed by atoms with van der Waals surface area (Å²) in [5.41, 5.74) is 0.711. The molecule has 0 amide bonds. The van der Waals surface area contributed by atoms with Crippen molar-refractivity contribution in [2.45, 2.75) is 0 Å². The van der Waals surface area contributed by atoms with Crippen molar-refractivity contribution < 1.29 is 14.6 Å². The Morgan fingerprint density at radius 1 is 1.50 bits per heavy atom. The van der Waals surface area contributed by atoms with Crippen LogP contribution < -0.4 is 4.74 Å². The molecular formula is C8H7N3O3. The number of hydrogen-bond acceptors (Lipinski definition) is 4. The second kappa shape index (κ2) is 2.99. The molecule has 0 spiro atoms. The van der Waals surface area contributed by atoms with Gasteiger partial charge in [-0.1, -0.05) is 5.10 Å². The lowest BCUT2D eigenvalue weighted by atomic mass is 10.3. The third-order valence-corrected chi connectivity index (χ3v) is 1.80. The second-order valence-corrected chi connectivity index (χ2v) is 2.64. The van der Waals surface area contributed by atoms with Crippen molar-refractivity contribution in [3.63, 3.8) is 0 Å². The number of carboxylic acid groups (broad SMARTS) is 1. The summed E-state index contributed by atoms with van der Waals surface area (Å²) in [6.07, 6.45) is 1.41. The van der Waals surface area contributed by atoms with Gasteiger partial charge in [0.15, 0.2) is 5.65 Å². The van der Waals surface area contributed by atoms with E-state index in [1.165, 1.54) is 23.8 Å². The van der Waals surface area contributed by atoms with Crippen molar-refractivity contribution in [3.05, 3.63) is 23.9 Å². The van der Waals surface area contributed by atoms with Gasteiger partial charge in [0.25, 0.3) is 0 Å². The quantitative estimate of drug-likeness (QED) is 0.748. The van der Waals surface area contributed by atoms with E-state index in [-0.39, 0.29) is 11.6 Å². The molecule has 6 heteroatoms. The zero-order chi connectivity index (χ0) is 10.1. The Morgan fingerprint density at radius 3 is 2.93 bits per heavy atom. The predicted octanol–water partition coefficient (Wildman–Crippen LogP) is 0.436. The van der Waals surface area contributed by atoms with Gasteiger partial charge in [-0.15, -0.1) is 5.10 Å². The van der Waals surface area contributed by atoms with E-state index in [9.17, 15) is 4.79 Å². The molecule has 0 aliphatic carbocycles. The minimum Gasteiger partial charge on any atom is -0.478 e. The van der Waals surface area contributed by atoms with Crippen LogP contribution in [0.1, 0.15) is 10.4 Å². The molecule has 2 rings (SSSR count). The Hall–Kier alpha value is -2.11. The summed E-state index contributed by atoms with van der Waals surface area (Å²) < 4.78 is 6.37. The first-order chi connectivity index (χ1) is 6.72. The van der Waals surface area contributed by atoms with Crippen molar-refractivity contribution >= 4 is 11.6 Å². The fourth-order valence-electron chi connectivity index (χ4n) is 1.14. The summed E-state index contributed by atoms with van der Waals surface area (Å²) in [6, 6.07) is 3.30. The number of carbonyl (C=O) groups is 1. The zero-order valence-electron chi connectivity index (χ0n) is 7.34. The normalized spacial score (nSPS) is 10.4. The largest absolute Gasteiger partial charge is 0.478 e. The van der Waals surface area contributed by atoms with Gasteiger partial charge in [0, 0.05) is 6.20 Å². The summed E-state index contributed by atoms with van der Waals surface area (Å²) in [6.45, 7) is 0. The van der Waals surface area contributed by atoms with Gasteiger partial charge < -0.3 is 9.84 Å². The molecule has 0 aliphatic heterocycles. The molecule has 72 valence electrons. The number of methoxy groups -OCH3 is 1. The third kappa shape index (κ3) is 1.17. The van der Waals surface area contributed by atoms with Crippen LogP contribution in [0.5, 0.6) is 6.01 Å². The second-order valence-electron chi connectivity index (χ2n) is 2.64. The molecule has 2 heterocycles. The van der Waals surface area contributed by atoms with Crippen LogP contribution in [0, 0.1) is 0 Å². The van der Waals surface area contributed by atoms with E-state index >= 15 is 0 Å². The highest BCUT2D eigenvalue weighted by Gasteiger charge is 2.08. The van der Waals surface area contributed by atoms with Crippen LogP contribution in [-0.4, -0.2) is 32.8 Å². The van der Waals surface area contributed by atoms with Gasteiger partial charge in [0.05, 0.1) is 12.7 Å². The fraction of sp³-hybridized carbons (Fsp3) is 0.125. The van der Waals surface area contributed by atoms with Crippen LogP contribution >= 0.6 is 0 Å². The summed E-state index contributed by atoms with van der Waals surface area (Å²) in [7, 11) is 1.45. The summed E-state index contributed by atoms with van der Waals surface area (Å²) in [5, 5.41) is 16.2. The molecule has 0 saturated heterocycles. The molecule has 0 aliphatic rings. The molecule has 0 saturated carbocycles. The SMILES string of the molecule is COc1nnc2ccc(C(=O)O)cn12. The lowest BCUT2D eigenvalue weighted by Crippen LogP contribution is -1.99. The lowest BCUT2D eigenvalue weighted by molar-refractivity contribution is 0.0696. The number of aromatic carboxylic acids is 1. The molecule has 2 aromatic heterocycles. The van der Waals surface area contributed by atoms with E-state index in [2.05, 4.69) is 10.2 Å². The van der Waals surface area contributed by atoms with E-state index in [4.69, 9.17) is 9.84 Å². The van der Waals surface area contributed by atoms with Gasteiger partial charge in [-0.05, 0) is 12.1 Å². The highest BCUT2D eigenvalue weighted by molar-refractivity contribution is 5.87. The van der Waals surface area contributed by atoms with E-state index in [0.717, 1.165) is 0 Å². The van der Waals surface area contributed by atoms with E-state index in [1.54, 1.807) is 6.07 Å². The van der Waals surface area contributed by atoms with Crippen molar-refractivity contribution in [1.82, 2.24) is 14.6 Å². The number of pyridine rings is 1. The molecule has 1 N–H and O–H groups in total. The highest BCUT2D eigenvalue weighted by atomic mass is 16.5. The average molecular weight is 193 g/mol. The molecule has 0 radical (unpaired) electrons. The van der Waals surface area contributed by atoms with Gasteiger partial charge in [-0.3, -0.25) is 4.40 Å². The monoisotopic (exact) mass is 193 g/mol. The maximum absolute atomic E-state index is 10.7. The summed E-state index contributed by atoms with van der Waals surface area (Å²) in [5.74, 6) is -0.998. The predicted molar refractivity (Wildman–Crippen MR) is 46.5 cm³/mol. The standard InChI is InChI=1S/C8H7N3O3/c1-14-8-10-9-6-3-2-5(7(12)13)4-11(6)8/h2-4H,1H3,(H,12,13). The Bertz CT molecular complexity index is 492. The highest BCUT2D eigenvalue weighted by Crippen LogP contribution is 2.11. The lowest BCUT2D eigenvalue weighted by Gasteiger charge is -1.98. The number of fused-ring (bicyclic) bond motifs is 1. The first kappa shape index (κ1) is 8.49. The molecule has 14 heavy (non-hydrogen) atoms. The van der Waals surface area contributed by atoms with Gasteiger partial charge in [-0.2, -0.15) is 0 Å². The van der Waals surface area contributed by atoms with E-state index < -0.39 is 5.97 Å². The molecule has 0 unspecified atom stereocenters. The Kier molecular flexibility index (Phi) is 1.81. The van der Waals surface area contributed by atoms with Gasteiger partial charge in [0.2, 0.25) is 0 Å². The first-order valence-corrected chi connectivity index (χ1v) is 3.84. The number of rotatable bonds is 2. The Morgan fingerprint density at radius 2 is 2.29 bits per heavy atom. The summed E-state index contributed by atoms with van der Waals surface area (Å²) >= 11 is 0. The molecule has 0 bridgehead atoms. The van der Waals surface area contributed by atoms with Crippen LogP contribution in [0.2, 0.25) is 0 Å². The minimum atomic E-state index is -0.998. The van der Waals surface area contributed by atoms with Crippen molar-refractivity contribution in [2.24, 2.45) is 0 Å².